The standard InChI is InChI=1S/C14H13FN4O/c1-2-9-16-14(20)12-7-8-13(19-18-12)17-11-6-4-3-5-10(11)15/h2-8H,1,9H2,(H,16,20)(H,17,19). The minimum Gasteiger partial charge on any atom is -0.347 e. The van der Waals surface area contributed by atoms with Crippen LogP contribution in [0.15, 0.2) is 49.1 Å². The summed E-state index contributed by atoms with van der Waals surface area (Å²) in [7, 11) is 0. The molecule has 2 rings (SSSR count). The zero-order valence-electron chi connectivity index (χ0n) is 10.6. The average Bonchev–Trinajstić information content (AvgIpc) is 2.48. The summed E-state index contributed by atoms with van der Waals surface area (Å²) in [4.78, 5) is 11.6. The van der Waals surface area contributed by atoms with E-state index in [1.165, 1.54) is 12.1 Å². The molecule has 1 aromatic carbocycles. The van der Waals surface area contributed by atoms with Crippen molar-refractivity contribution < 1.29 is 9.18 Å². The molecule has 5 nitrogen and oxygen atoms in total. The Hall–Kier alpha value is -2.76. The Morgan fingerprint density at radius 2 is 2.05 bits per heavy atom. The maximum Gasteiger partial charge on any atom is 0.272 e. The van der Waals surface area contributed by atoms with Gasteiger partial charge in [0.15, 0.2) is 11.5 Å². The summed E-state index contributed by atoms with van der Waals surface area (Å²) in [5.41, 5.74) is 0.483. The zero-order chi connectivity index (χ0) is 14.4. The normalized spacial score (nSPS) is 9.85. The fraction of sp³-hybridized carbons (Fsp3) is 0.0714. The smallest absolute Gasteiger partial charge is 0.272 e. The van der Waals surface area contributed by atoms with Crippen LogP contribution in [-0.4, -0.2) is 22.6 Å². The van der Waals surface area contributed by atoms with Crippen molar-refractivity contribution >= 4 is 17.4 Å². The van der Waals surface area contributed by atoms with E-state index in [4.69, 9.17) is 0 Å². The van der Waals surface area contributed by atoms with Crippen molar-refractivity contribution in [3.8, 4) is 0 Å². The highest BCUT2D eigenvalue weighted by atomic mass is 19.1. The Morgan fingerprint density at radius 1 is 1.25 bits per heavy atom. The molecule has 0 aliphatic rings. The highest BCUT2D eigenvalue weighted by Gasteiger charge is 2.07. The first-order chi connectivity index (χ1) is 9.70. The molecule has 0 atom stereocenters. The second-order valence-electron chi connectivity index (χ2n) is 3.91. The van der Waals surface area contributed by atoms with Crippen molar-refractivity contribution in [1.82, 2.24) is 15.5 Å². The van der Waals surface area contributed by atoms with Gasteiger partial charge in [-0.3, -0.25) is 4.79 Å². The maximum atomic E-state index is 13.4. The first-order valence-corrected chi connectivity index (χ1v) is 5.95. The quantitative estimate of drug-likeness (QED) is 0.819. The van der Waals surface area contributed by atoms with E-state index < -0.39 is 0 Å². The molecular formula is C14H13FN4O. The first kappa shape index (κ1) is 13.7. The monoisotopic (exact) mass is 272 g/mol. The highest BCUT2D eigenvalue weighted by Crippen LogP contribution is 2.17. The molecule has 102 valence electrons. The van der Waals surface area contributed by atoms with E-state index in [9.17, 15) is 9.18 Å². The topological polar surface area (TPSA) is 66.9 Å². The van der Waals surface area contributed by atoms with Crippen LogP contribution >= 0.6 is 0 Å². The summed E-state index contributed by atoms with van der Waals surface area (Å²) in [6.07, 6.45) is 1.57. The molecule has 0 radical (unpaired) electrons. The first-order valence-electron chi connectivity index (χ1n) is 5.95. The lowest BCUT2D eigenvalue weighted by atomic mass is 10.3. The summed E-state index contributed by atoms with van der Waals surface area (Å²) in [5.74, 6) is -0.368. The van der Waals surface area contributed by atoms with Crippen LogP contribution in [0.25, 0.3) is 0 Å². The Balaban J connectivity index is 2.07. The third-order valence-electron chi connectivity index (χ3n) is 2.44. The van der Waals surface area contributed by atoms with Crippen molar-refractivity contribution in [3.05, 3.63) is 60.6 Å². The molecule has 20 heavy (non-hydrogen) atoms. The van der Waals surface area contributed by atoms with Gasteiger partial charge in [0, 0.05) is 6.54 Å². The van der Waals surface area contributed by atoms with Crippen molar-refractivity contribution in [2.24, 2.45) is 0 Å². The number of aromatic nitrogens is 2. The van der Waals surface area contributed by atoms with Gasteiger partial charge in [0.1, 0.15) is 5.82 Å². The number of nitrogens with one attached hydrogen (secondary N) is 2. The molecule has 6 heteroatoms. The molecule has 1 aromatic heterocycles. The molecule has 0 fully saturated rings. The number of halogens is 1. The fourth-order valence-corrected chi connectivity index (χ4v) is 1.48. The number of para-hydroxylation sites is 1. The van der Waals surface area contributed by atoms with Crippen LogP contribution in [0.1, 0.15) is 10.5 Å². The van der Waals surface area contributed by atoms with Crippen molar-refractivity contribution in [1.29, 1.82) is 0 Å². The predicted octanol–water partition coefficient (Wildman–Crippen LogP) is 2.28. The minimum atomic E-state index is -0.387. The second kappa shape index (κ2) is 6.42. The number of anilines is 2. The highest BCUT2D eigenvalue weighted by molar-refractivity contribution is 5.92. The van der Waals surface area contributed by atoms with E-state index in [1.54, 1.807) is 30.3 Å². The van der Waals surface area contributed by atoms with Gasteiger partial charge in [-0.1, -0.05) is 18.2 Å². The second-order valence-corrected chi connectivity index (χ2v) is 3.91. The number of nitrogens with zero attached hydrogens (tertiary/aromatic N) is 2. The Labute approximate surface area is 115 Å². The Morgan fingerprint density at radius 3 is 2.70 bits per heavy atom. The molecule has 0 bridgehead atoms. The van der Waals surface area contributed by atoms with Gasteiger partial charge in [0.05, 0.1) is 5.69 Å². The van der Waals surface area contributed by atoms with Crippen molar-refractivity contribution in [2.45, 2.75) is 0 Å². The third-order valence-corrected chi connectivity index (χ3v) is 2.44. The molecule has 0 spiro atoms. The minimum absolute atomic E-state index is 0.186. The van der Waals surface area contributed by atoms with Crippen LogP contribution < -0.4 is 10.6 Å². The lowest BCUT2D eigenvalue weighted by molar-refractivity contribution is 0.0952. The SMILES string of the molecule is C=CCNC(=O)c1ccc(Nc2ccccc2F)nn1. The number of carbonyl (C=O) groups excluding carboxylic acids is 1. The van der Waals surface area contributed by atoms with E-state index >= 15 is 0 Å². The molecular weight excluding hydrogens is 259 g/mol. The number of benzene rings is 1. The van der Waals surface area contributed by atoms with Crippen LogP contribution in [0.3, 0.4) is 0 Å². The molecule has 0 saturated heterocycles. The van der Waals surface area contributed by atoms with Crippen molar-refractivity contribution in [2.75, 3.05) is 11.9 Å². The number of hydrogen-bond acceptors (Lipinski definition) is 4. The lowest BCUT2D eigenvalue weighted by Crippen LogP contribution is -2.24. The average molecular weight is 272 g/mol. The van der Waals surface area contributed by atoms with Gasteiger partial charge in [0.25, 0.3) is 5.91 Å². The van der Waals surface area contributed by atoms with Gasteiger partial charge in [-0.2, -0.15) is 0 Å². The molecule has 0 saturated carbocycles. The molecule has 2 aromatic rings. The van der Waals surface area contributed by atoms with E-state index in [-0.39, 0.29) is 17.4 Å². The van der Waals surface area contributed by atoms with Crippen LogP contribution in [0, 0.1) is 5.82 Å². The summed E-state index contributed by atoms with van der Waals surface area (Å²) < 4.78 is 13.4. The Kier molecular flexibility index (Phi) is 4.39. The summed E-state index contributed by atoms with van der Waals surface area (Å²) in [5, 5.41) is 13.0. The Bertz CT molecular complexity index is 613. The fourth-order valence-electron chi connectivity index (χ4n) is 1.48. The van der Waals surface area contributed by atoms with Gasteiger partial charge in [-0.25, -0.2) is 4.39 Å². The van der Waals surface area contributed by atoms with Crippen LogP contribution in [0.4, 0.5) is 15.9 Å². The largest absolute Gasteiger partial charge is 0.347 e. The number of carbonyl (C=O) groups is 1. The van der Waals surface area contributed by atoms with Gasteiger partial charge in [0.2, 0.25) is 0 Å². The number of rotatable bonds is 5. The number of hydrogen-bond donors (Lipinski definition) is 2. The third kappa shape index (κ3) is 3.38. The van der Waals surface area contributed by atoms with E-state index in [2.05, 4.69) is 27.4 Å². The van der Waals surface area contributed by atoms with Gasteiger partial charge < -0.3 is 10.6 Å². The molecule has 0 unspecified atom stereocenters. The summed E-state index contributed by atoms with van der Waals surface area (Å²) >= 11 is 0. The molecule has 0 aliphatic heterocycles. The summed E-state index contributed by atoms with van der Waals surface area (Å²) in [6.45, 7) is 3.86. The summed E-state index contributed by atoms with van der Waals surface area (Å²) in [6, 6.07) is 9.29. The van der Waals surface area contributed by atoms with Crippen LogP contribution in [0.2, 0.25) is 0 Å². The van der Waals surface area contributed by atoms with Crippen molar-refractivity contribution in [3.63, 3.8) is 0 Å². The van der Waals surface area contributed by atoms with Gasteiger partial charge >= 0.3 is 0 Å². The van der Waals surface area contributed by atoms with Gasteiger partial charge in [-0.15, -0.1) is 16.8 Å². The van der Waals surface area contributed by atoms with E-state index in [0.717, 1.165) is 0 Å². The molecule has 1 amide bonds. The zero-order valence-corrected chi connectivity index (χ0v) is 10.6. The van der Waals surface area contributed by atoms with E-state index in [1.807, 2.05) is 0 Å². The van der Waals surface area contributed by atoms with E-state index in [0.29, 0.717) is 18.1 Å². The lowest BCUT2D eigenvalue weighted by Gasteiger charge is -2.06. The molecule has 1 heterocycles. The van der Waals surface area contributed by atoms with Crippen LogP contribution in [-0.2, 0) is 0 Å². The predicted molar refractivity (Wildman–Crippen MR) is 74.2 cm³/mol. The number of amides is 1. The molecule has 2 N–H and O–H groups in total. The maximum absolute atomic E-state index is 13.4. The van der Waals surface area contributed by atoms with Crippen LogP contribution in [0.5, 0.6) is 0 Å². The van der Waals surface area contributed by atoms with Gasteiger partial charge in [-0.05, 0) is 24.3 Å². The molecule has 0 aliphatic carbocycles.